The third-order valence-electron chi connectivity index (χ3n) is 3.97. The lowest BCUT2D eigenvalue weighted by atomic mass is 9.79. The van der Waals surface area contributed by atoms with E-state index in [-0.39, 0.29) is 24.9 Å². The lowest BCUT2D eigenvalue weighted by molar-refractivity contribution is -0.121. The van der Waals surface area contributed by atoms with Crippen LogP contribution in [0.5, 0.6) is 0 Å². The molecule has 0 unspecified atom stereocenters. The molecule has 21 heavy (non-hydrogen) atoms. The molecule has 3 N–H and O–H groups in total. The number of thiophene rings is 1. The zero-order valence-electron chi connectivity index (χ0n) is 12.2. The molecule has 0 spiro atoms. The second-order valence-electron chi connectivity index (χ2n) is 5.84. The maximum atomic E-state index is 11.7. The van der Waals surface area contributed by atoms with E-state index in [0.29, 0.717) is 10.8 Å². The van der Waals surface area contributed by atoms with E-state index in [1.807, 2.05) is 5.38 Å². The number of carbonyl (C=O) groups is 2. The topological polar surface area (TPSA) is 78.4 Å². The second-order valence-corrected chi connectivity index (χ2v) is 6.79. The lowest BCUT2D eigenvalue weighted by Gasteiger charge is -2.34. The lowest BCUT2D eigenvalue weighted by Crippen LogP contribution is -2.47. The Morgan fingerprint density at radius 1 is 1.38 bits per heavy atom. The Kier molecular flexibility index (Phi) is 5.36. The summed E-state index contributed by atoms with van der Waals surface area (Å²) >= 11 is 1.33. The van der Waals surface area contributed by atoms with Gasteiger partial charge in [0, 0.05) is 6.54 Å². The molecule has 0 atom stereocenters. The van der Waals surface area contributed by atoms with Gasteiger partial charge >= 0.3 is 0 Å². The Morgan fingerprint density at radius 2 is 2.10 bits per heavy atom. The molecule has 0 bridgehead atoms. The molecule has 0 saturated heterocycles. The molecule has 1 aliphatic rings. The van der Waals surface area contributed by atoms with Gasteiger partial charge in [0.15, 0.2) is 0 Å². The van der Waals surface area contributed by atoms with Gasteiger partial charge in [-0.15, -0.1) is 11.3 Å². The van der Waals surface area contributed by atoms with Crippen LogP contribution in [0.1, 0.15) is 42.3 Å². The van der Waals surface area contributed by atoms with Crippen LogP contribution in [0.3, 0.4) is 0 Å². The summed E-state index contributed by atoms with van der Waals surface area (Å²) < 4.78 is 0. The Labute approximate surface area is 128 Å². The van der Waals surface area contributed by atoms with Crippen molar-refractivity contribution in [2.45, 2.75) is 38.2 Å². The van der Waals surface area contributed by atoms with E-state index in [1.54, 1.807) is 12.1 Å². The highest BCUT2D eigenvalue weighted by atomic mass is 32.1. The summed E-state index contributed by atoms with van der Waals surface area (Å²) in [4.78, 5) is 24.0. The maximum absolute atomic E-state index is 11.7. The van der Waals surface area contributed by atoms with Crippen molar-refractivity contribution in [1.82, 2.24) is 10.6 Å². The molecule has 0 aliphatic heterocycles. The first kappa shape index (κ1) is 16.0. The fraction of sp³-hybridized carbons (Fsp3) is 0.600. The fourth-order valence-corrected chi connectivity index (χ4v) is 3.10. The molecule has 1 saturated carbocycles. The van der Waals surface area contributed by atoms with Crippen molar-refractivity contribution in [3.05, 3.63) is 22.4 Å². The maximum Gasteiger partial charge on any atom is 0.261 e. The SMILES string of the molecule is CC1CCC(O)(CNC(=O)CNC(=O)c2cccs2)CC1. The van der Waals surface area contributed by atoms with E-state index in [9.17, 15) is 14.7 Å². The number of hydrogen-bond acceptors (Lipinski definition) is 4. The molecule has 1 heterocycles. The number of rotatable bonds is 5. The number of amides is 2. The molecule has 0 aromatic carbocycles. The van der Waals surface area contributed by atoms with Gasteiger partial charge in [-0.3, -0.25) is 9.59 Å². The van der Waals surface area contributed by atoms with Crippen LogP contribution in [0.15, 0.2) is 17.5 Å². The van der Waals surface area contributed by atoms with Crippen molar-refractivity contribution in [3.8, 4) is 0 Å². The van der Waals surface area contributed by atoms with Crippen LogP contribution in [0.2, 0.25) is 0 Å². The van der Waals surface area contributed by atoms with Crippen molar-refractivity contribution in [1.29, 1.82) is 0 Å². The van der Waals surface area contributed by atoms with E-state index in [0.717, 1.165) is 25.7 Å². The van der Waals surface area contributed by atoms with E-state index in [2.05, 4.69) is 17.6 Å². The minimum atomic E-state index is -0.792. The van der Waals surface area contributed by atoms with Gasteiger partial charge in [-0.1, -0.05) is 13.0 Å². The second kappa shape index (κ2) is 7.04. The number of nitrogens with one attached hydrogen (secondary N) is 2. The highest BCUT2D eigenvalue weighted by Crippen LogP contribution is 2.31. The number of hydrogen-bond donors (Lipinski definition) is 3. The Hall–Kier alpha value is -1.40. The van der Waals surface area contributed by atoms with Crippen molar-refractivity contribution in [2.75, 3.05) is 13.1 Å². The molecule has 0 radical (unpaired) electrons. The van der Waals surface area contributed by atoms with E-state index < -0.39 is 5.60 Å². The molecule has 6 heteroatoms. The average Bonchev–Trinajstić information content (AvgIpc) is 3.00. The number of aliphatic hydroxyl groups is 1. The molecular formula is C15H22N2O3S. The van der Waals surface area contributed by atoms with Crippen LogP contribution in [0.25, 0.3) is 0 Å². The van der Waals surface area contributed by atoms with Crippen molar-refractivity contribution >= 4 is 23.2 Å². The van der Waals surface area contributed by atoms with E-state index in [4.69, 9.17) is 0 Å². The van der Waals surface area contributed by atoms with Crippen LogP contribution < -0.4 is 10.6 Å². The first-order valence-corrected chi connectivity index (χ1v) is 8.17. The summed E-state index contributed by atoms with van der Waals surface area (Å²) in [7, 11) is 0. The highest BCUT2D eigenvalue weighted by Gasteiger charge is 2.31. The minimum absolute atomic E-state index is 0.0663. The molecule has 1 aliphatic carbocycles. The van der Waals surface area contributed by atoms with Crippen LogP contribution >= 0.6 is 11.3 Å². The molecule has 2 rings (SSSR count). The van der Waals surface area contributed by atoms with Gasteiger partial charge in [0.05, 0.1) is 17.0 Å². The smallest absolute Gasteiger partial charge is 0.261 e. The summed E-state index contributed by atoms with van der Waals surface area (Å²) in [5.74, 6) is 0.128. The highest BCUT2D eigenvalue weighted by molar-refractivity contribution is 7.12. The molecule has 116 valence electrons. The van der Waals surface area contributed by atoms with Gasteiger partial charge in [0.25, 0.3) is 5.91 Å². The third kappa shape index (κ3) is 4.82. The monoisotopic (exact) mass is 310 g/mol. The van der Waals surface area contributed by atoms with E-state index in [1.165, 1.54) is 11.3 Å². The van der Waals surface area contributed by atoms with Gasteiger partial charge in [-0.05, 0) is 43.0 Å². The first-order chi connectivity index (χ1) is 9.98. The average molecular weight is 310 g/mol. The van der Waals surface area contributed by atoms with Gasteiger partial charge < -0.3 is 15.7 Å². The van der Waals surface area contributed by atoms with Gasteiger partial charge in [0.1, 0.15) is 0 Å². The fourth-order valence-electron chi connectivity index (χ4n) is 2.46. The summed E-state index contributed by atoms with van der Waals surface area (Å²) in [6, 6.07) is 3.50. The molecule has 1 aromatic heterocycles. The van der Waals surface area contributed by atoms with Gasteiger partial charge in [-0.2, -0.15) is 0 Å². The minimum Gasteiger partial charge on any atom is -0.388 e. The predicted molar refractivity (Wildman–Crippen MR) is 82.2 cm³/mol. The summed E-state index contributed by atoms with van der Waals surface area (Å²) in [5.41, 5.74) is -0.792. The summed E-state index contributed by atoms with van der Waals surface area (Å²) in [5, 5.41) is 17.5. The Balaban J connectivity index is 1.69. The van der Waals surface area contributed by atoms with Crippen molar-refractivity contribution in [2.24, 2.45) is 5.92 Å². The Bertz CT molecular complexity index is 479. The van der Waals surface area contributed by atoms with Crippen LogP contribution in [0.4, 0.5) is 0 Å². The normalized spacial score (nSPS) is 25.3. The predicted octanol–water partition coefficient (Wildman–Crippen LogP) is 1.54. The summed E-state index contributed by atoms with van der Waals surface area (Å²) in [6.07, 6.45) is 3.41. The van der Waals surface area contributed by atoms with Crippen molar-refractivity contribution in [3.63, 3.8) is 0 Å². The quantitative estimate of drug-likeness (QED) is 0.772. The van der Waals surface area contributed by atoms with Crippen LogP contribution in [-0.4, -0.2) is 35.6 Å². The third-order valence-corrected chi connectivity index (χ3v) is 4.84. The van der Waals surface area contributed by atoms with Gasteiger partial charge in [-0.25, -0.2) is 0 Å². The zero-order chi connectivity index (χ0) is 15.3. The molecule has 1 aromatic rings. The summed E-state index contributed by atoms with van der Waals surface area (Å²) in [6.45, 7) is 2.37. The van der Waals surface area contributed by atoms with Crippen LogP contribution in [-0.2, 0) is 4.79 Å². The van der Waals surface area contributed by atoms with E-state index >= 15 is 0 Å². The molecule has 5 nitrogen and oxygen atoms in total. The van der Waals surface area contributed by atoms with Gasteiger partial charge in [0.2, 0.25) is 5.91 Å². The molecular weight excluding hydrogens is 288 g/mol. The first-order valence-electron chi connectivity index (χ1n) is 7.29. The zero-order valence-corrected chi connectivity index (χ0v) is 13.0. The van der Waals surface area contributed by atoms with Crippen molar-refractivity contribution < 1.29 is 14.7 Å². The Morgan fingerprint density at radius 3 is 2.71 bits per heavy atom. The van der Waals surface area contributed by atoms with Crippen LogP contribution in [0, 0.1) is 5.92 Å². The molecule has 1 fully saturated rings. The number of carbonyl (C=O) groups excluding carboxylic acids is 2. The standard InChI is InChI=1S/C15H22N2O3S/c1-11-4-6-15(20,7-5-11)10-17-13(18)9-16-14(19)12-3-2-8-21-12/h2-3,8,11,20H,4-7,9-10H2,1H3,(H,16,19)(H,17,18). The molecule has 2 amide bonds. The largest absolute Gasteiger partial charge is 0.388 e.